The molecule has 1 aromatic carbocycles. The fourth-order valence-electron chi connectivity index (χ4n) is 5.63. The molecular weight excluding hydrogens is 490 g/mol. The minimum atomic E-state index is -0.233. The van der Waals surface area contributed by atoms with Gasteiger partial charge in [-0.05, 0) is 51.1 Å². The lowest BCUT2D eigenvalue weighted by atomic mass is 9.97. The van der Waals surface area contributed by atoms with E-state index in [1.165, 1.54) is 0 Å². The number of likely N-dealkylation sites (N-methyl/N-ethyl adjacent to an activating group) is 1. The number of H-pyrrole nitrogens is 1. The van der Waals surface area contributed by atoms with Crippen LogP contribution in [-0.4, -0.2) is 74.0 Å². The lowest BCUT2D eigenvalue weighted by Gasteiger charge is -2.32. The van der Waals surface area contributed by atoms with Crippen molar-refractivity contribution in [2.75, 3.05) is 38.5 Å². The van der Waals surface area contributed by atoms with Crippen LogP contribution in [-0.2, 0) is 6.54 Å². The quantitative estimate of drug-likeness (QED) is 0.415. The molecule has 2 N–H and O–H groups in total. The average molecular weight is 526 g/mol. The van der Waals surface area contributed by atoms with E-state index in [0.717, 1.165) is 59.5 Å². The van der Waals surface area contributed by atoms with Gasteiger partial charge >= 0.3 is 0 Å². The molecule has 202 valence electrons. The predicted octanol–water partition coefficient (Wildman–Crippen LogP) is 4.17. The number of piperazine rings is 1. The van der Waals surface area contributed by atoms with E-state index in [1.807, 2.05) is 49.2 Å². The number of aromatic amines is 1. The molecule has 2 aliphatic heterocycles. The maximum absolute atomic E-state index is 13.6. The zero-order chi connectivity index (χ0) is 27.5. The Morgan fingerprint density at radius 2 is 1.85 bits per heavy atom. The van der Waals surface area contributed by atoms with Crippen LogP contribution < -0.4 is 10.9 Å². The molecule has 0 radical (unpaired) electrons. The van der Waals surface area contributed by atoms with Crippen molar-refractivity contribution >= 4 is 22.8 Å². The second-order valence-electron chi connectivity index (χ2n) is 11.7. The second kappa shape index (κ2) is 9.34. The van der Waals surface area contributed by atoms with Crippen molar-refractivity contribution in [1.29, 1.82) is 0 Å². The molecule has 1 saturated heterocycles. The van der Waals surface area contributed by atoms with Gasteiger partial charge in [-0.1, -0.05) is 19.9 Å². The number of benzene rings is 1. The molecular formula is C30H35N7O2. The number of carbonyl (C=O) groups excluding carboxylic acids is 1. The van der Waals surface area contributed by atoms with Gasteiger partial charge in [0.1, 0.15) is 0 Å². The van der Waals surface area contributed by atoms with Crippen LogP contribution in [0.25, 0.3) is 33.4 Å². The van der Waals surface area contributed by atoms with E-state index in [2.05, 4.69) is 47.1 Å². The third-order valence-electron chi connectivity index (χ3n) is 7.82. The highest BCUT2D eigenvalue weighted by Crippen LogP contribution is 2.36. The fraction of sp³-hybridized carbons (Fsp3) is 0.400. The molecule has 3 aromatic heterocycles. The van der Waals surface area contributed by atoms with Crippen LogP contribution in [0.15, 0.2) is 47.5 Å². The van der Waals surface area contributed by atoms with E-state index >= 15 is 0 Å². The highest BCUT2D eigenvalue weighted by atomic mass is 16.2. The summed E-state index contributed by atoms with van der Waals surface area (Å²) in [6, 6.07) is 9.89. The van der Waals surface area contributed by atoms with Crippen LogP contribution in [0.4, 0.5) is 5.95 Å². The molecule has 2 aliphatic rings. The number of aromatic nitrogens is 4. The number of rotatable bonds is 4. The standard InChI is InChI=1S/C30H35N7O2/c1-18(2)25-26(33-29-34-30(3,4)17-37(29)28(25)39)22-16-32-24-9-6-19(14-21(22)24)23-8-7-20(15-31-23)27(38)36-12-10-35(5)11-13-36/h6-9,14-16,18,32H,10-13,17H2,1-5H3,(H,33,34). The van der Waals surface area contributed by atoms with E-state index in [4.69, 9.17) is 4.98 Å². The third-order valence-corrected chi connectivity index (χ3v) is 7.82. The van der Waals surface area contributed by atoms with Crippen molar-refractivity contribution < 1.29 is 4.79 Å². The molecule has 6 rings (SSSR count). The molecule has 0 aliphatic carbocycles. The Kier molecular flexibility index (Phi) is 6.06. The van der Waals surface area contributed by atoms with Crippen LogP contribution in [0.5, 0.6) is 0 Å². The Labute approximate surface area is 227 Å². The molecule has 0 atom stereocenters. The molecule has 39 heavy (non-hydrogen) atoms. The predicted molar refractivity (Wildman–Crippen MR) is 154 cm³/mol. The molecule has 0 saturated carbocycles. The van der Waals surface area contributed by atoms with Gasteiger partial charge in [0.25, 0.3) is 11.5 Å². The zero-order valence-electron chi connectivity index (χ0n) is 23.2. The first-order valence-corrected chi connectivity index (χ1v) is 13.6. The highest BCUT2D eigenvalue weighted by molar-refractivity contribution is 5.98. The van der Waals surface area contributed by atoms with Gasteiger partial charge in [0, 0.05) is 66.2 Å². The molecule has 9 heteroatoms. The SMILES string of the molecule is CC(C)c1c(-c2c[nH]c3ccc(-c4ccc(C(=O)N5CCN(C)CC5)cn4)cc23)nc2n(c1=O)CC(C)(C)N2. The van der Waals surface area contributed by atoms with Gasteiger partial charge in [-0.25, -0.2) is 4.98 Å². The fourth-order valence-corrected chi connectivity index (χ4v) is 5.63. The molecule has 0 bridgehead atoms. The topological polar surface area (TPSA) is 99.2 Å². The Bertz CT molecular complexity index is 1620. The van der Waals surface area contributed by atoms with Crippen LogP contribution in [0.2, 0.25) is 0 Å². The molecule has 0 spiro atoms. The highest BCUT2D eigenvalue weighted by Gasteiger charge is 2.32. The van der Waals surface area contributed by atoms with Gasteiger partial charge in [0.05, 0.1) is 29.0 Å². The van der Waals surface area contributed by atoms with Crippen LogP contribution in [0.3, 0.4) is 0 Å². The summed E-state index contributed by atoms with van der Waals surface area (Å²) < 4.78 is 1.76. The number of anilines is 1. The lowest BCUT2D eigenvalue weighted by Crippen LogP contribution is -2.47. The van der Waals surface area contributed by atoms with E-state index in [0.29, 0.717) is 23.8 Å². The first-order valence-electron chi connectivity index (χ1n) is 13.6. The lowest BCUT2D eigenvalue weighted by molar-refractivity contribution is 0.0663. The summed E-state index contributed by atoms with van der Waals surface area (Å²) in [5.74, 6) is 0.649. The van der Waals surface area contributed by atoms with Crippen molar-refractivity contribution in [3.05, 3.63) is 64.2 Å². The van der Waals surface area contributed by atoms with Gasteiger partial charge < -0.3 is 20.1 Å². The normalized spacial score (nSPS) is 17.0. The summed E-state index contributed by atoms with van der Waals surface area (Å²) in [7, 11) is 2.07. The number of nitrogens with one attached hydrogen (secondary N) is 2. The first kappa shape index (κ1) is 25.3. The molecule has 0 unspecified atom stereocenters. The maximum atomic E-state index is 13.6. The molecule has 1 amide bonds. The van der Waals surface area contributed by atoms with Crippen LogP contribution in [0, 0.1) is 0 Å². The van der Waals surface area contributed by atoms with Crippen molar-refractivity contribution in [2.45, 2.75) is 45.7 Å². The van der Waals surface area contributed by atoms with E-state index in [9.17, 15) is 9.59 Å². The number of nitrogens with zero attached hydrogens (tertiary/aromatic N) is 5. The zero-order valence-corrected chi connectivity index (χ0v) is 23.2. The van der Waals surface area contributed by atoms with Crippen molar-refractivity contribution in [2.24, 2.45) is 0 Å². The number of hydrogen-bond donors (Lipinski definition) is 2. The van der Waals surface area contributed by atoms with E-state index < -0.39 is 0 Å². The van der Waals surface area contributed by atoms with Gasteiger partial charge in [-0.3, -0.25) is 19.1 Å². The minimum Gasteiger partial charge on any atom is -0.360 e. The van der Waals surface area contributed by atoms with Crippen LogP contribution >= 0.6 is 0 Å². The number of carbonyl (C=O) groups is 1. The number of pyridine rings is 1. The third kappa shape index (κ3) is 4.50. The Hall–Kier alpha value is -3.98. The molecule has 9 nitrogen and oxygen atoms in total. The Morgan fingerprint density at radius 3 is 2.54 bits per heavy atom. The van der Waals surface area contributed by atoms with Gasteiger partial charge in [-0.15, -0.1) is 0 Å². The largest absolute Gasteiger partial charge is 0.360 e. The number of amides is 1. The van der Waals surface area contributed by atoms with Crippen molar-refractivity contribution in [1.82, 2.24) is 29.3 Å². The van der Waals surface area contributed by atoms with Gasteiger partial charge in [-0.2, -0.15) is 0 Å². The number of fused-ring (bicyclic) bond motifs is 2. The monoisotopic (exact) mass is 525 g/mol. The number of hydrogen-bond acceptors (Lipinski definition) is 6. The summed E-state index contributed by atoms with van der Waals surface area (Å²) >= 11 is 0. The van der Waals surface area contributed by atoms with Crippen molar-refractivity contribution in [3.8, 4) is 22.5 Å². The molecule has 5 heterocycles. The molecule has 1 fully saturated rings. The maximum Gasteiger partial charge on any atom is 0.259 e. The van der Waals surface area contributed by atoms with Crippen molar-refractivity contribution in [3.63, 3.8) is 0 Å². The summed E-state index contributed by atoms with van der Waals surface area (Å²) in [5, 5.41) is 4.38. The summed E-state index contributed by atoms with van der Waals surface area (Å²) in [6.07, 6.45) is 3.61. The minimum absolute atomic E-state index is 0.0100. The summed E-state index contributed by atoms with van der Waals surface area (Å²) in [4.78, 5) is 43.6. The molecule has 4 aromatic rings. The average Bonchev–Trinajstić information content (AvgIpc) is 3.47. The Morgan fingerprint density at radius 1 is 1.08 bits per heavy atom. The van der Waals surface area contributed by atoms with E-state index in [-0.39, 0.29) is 22.9 Å². The Balaban J connectivity index is 1.37. The summed E-state index contributed by atoms with van der Waals surface area (Å²) in [5.41, 5.74) is 5.38. The van der Waals surface area contributed by atoms with Gasteiger partial charge in [0.15, 0.2) is 0 Å². The van der Waals surface area contributed by atoms with Gasteiger partial charge in [0.2, 0.25) is 5.95 Å². The summed E-state index contributed by atoms with van der Waals surface area (Å²) in [6.45, 7) is 12.0. The first-order chi connectivity index (χ1) is 18.6. The second-order valence-corrected chi connectivity index (χ2v) is 11.7. The van der Waals surface area contributed by atoms with E-state index in [1.54, 1.807) is 10.8 Å². The van der Waals surface area contributed by atoms with Crippen LogP contribution in [0.1, 0.15) is 49.5 Å². The smallest absolute Gasteiger partial charge is 0.259 e.